The minimum absolute atomic E-state index is 0.341. The van der Waals surface area contributed by atoms with Crippen LogP contribution >= 0.6 is 0 Å². The number of aliphatic hydroxyl groups excluding tert-OH is 4. The Morgan fingerprint density at radius 3 is 1.62 bits per heavy atom. The van der Waals surface area contributed by atoms with Crippen LogP contribution in [0.15, 0.2) is 24.3 Å². The van der Waals surface area contributed by atoms with Crippen LogP contribution in [0.2, 0.25) is 0 Å². The monoisotopic (exact) mass is 553 g/mol. The molecule has 0 heterocycles. The number of rotatable bonds is 28. The fraction of sp³-hybridized carbons (Fsp3) is 0.848. The topological polar surface area (TPSA) is 110 Å². The van der Waals surface area contributed by atoms with Crippen molar-refractivity contribution in [3.8, 4) is 0 Å². The van der Waals surface area contributed by atoms with E-state index in [1.165, 1.54) is 70.6 Å². The summed E-state index contributed by atoms with van der Waals surface area (Å²) in [6.07, 6.45) is 27.8. The van der Waals surface area contributed by atoms with Gasteiger partial charge < -0.3 is 25.7 Å². The molecule has 0 aliphatic heterocycles. The van der Waals surface area contributed by atoms with E-state index in [2.05, 4.69) is 43.5 Å². The second-order valence-electron chi connectivity index (χ2n) is 11.1. The molecule has 0 radical (unpaired) electrons. The van der Waals surface area contributed by atoms with Crippen LogP contribution in [0.1, 0.15) is 149 Å². The summed E-state index contributed by atoms with van der Waals surface area (Å²) in [5.41, 5.74) is 0. The fourth-order valence-corrected chi connectivity index (χ4v) is 4.68. The highest BCUT2D eigenvalue weighted by Crippen LogP contribution is 2.13. The molecule has 0 spiro atoms. The van der Waals surface area contributed by atoms with Gasteiger partial charge in [-0.15, -0.1) is 0 Å². The second kappa shape index (κ2) is 28.3. The van der Waals surface area contributed by atoms with Gasteiger partial charge in [-0.1, -0.05) is 115 Å². The lowest BCUT2D eigenvalue weighted by molar-refractivity contribution is -0.132. The van der Waals surface area contributed by atoms with Crippen molar-refractivity contribution >= 4 is 5.91 Å². The van der Waals surface area contributed by atoms with Gasteiger partial charge in [-0.3, -0.25) is 4.79 Å². The third-order valence-electron chi connectivity index (χ3n) is 7.38. The van der Waals surface area contributed by atoms with Crippen molar-refractivity contribution in [2.45, 2.75) is 173 Å². The Balaban J connectivity index is 3.95. The zero-order valence-electron chi connectivity index (χ0n) is 25.4. The van der Waals surface area contributed by atoms with Gasteiger partial charge in [-0.25, -0.2) is 0 Å². The highest BCUT2D eigenvalue weighted by Gasteiger charge is 2.28. The number of aliphatic hydroxyl groups is 4. The zero-order valence-corrected chi connectivity index (χ0v) is 25.4. The first kappa shape index (κ1) is 37.8. The van der Waals surface area contributed by atoms with E-state index in [-0.39, 0.29) is 0 Å². The van der Waals surface area contributed by atoms with Gasteiger partial charge in [0.05, 0.1) is 18.8 Å². The first-order valence-corrected chi connectivity index (χ1v) is 16.2. The quantitative estimate of drug-likeness (QED) is 0.0535. The van der Waals surface area contributed by atoms with Gasteiger partial charge in [0, 0.05) is 0 Å². The molecule has 0 rings (SSSR count). The summed E-state index contributed by atoms with van der Waals surface area (Å²) in [4.78, 5) is 12.3. The van der Waals surface area contributed by atoms with E-state index < -0.39 is 36.9 Å². The number of carbonyl (C=O) groups is 1. The molecule has 0 saturated carbocycles. The van der Waals surface area contributed by atoms with Gasteiger partial charge in [0.15, 0.2) is 0 Å². The Kier molecular flexibility index (Phi) is 27.4. The molecule has 6 heteroatoms. The van der Waals surface area contributed by atoms with Gasteiger partial charge >= 0.3 is 0 Å². The highest BCUT2D eigenvalue weighted by molar-refractivity contribution is 5.80. The number of hydrogen-bond donors (Lipinski definition) is 5. The summed E-state index contributed by atoms with van der Waals surface area (Å²) >= 11 is 0. The fourth-order valence-electron chi connectivity index (χ4n) is 4.68. The van der Waals surface area contributed by atoms with Crippen molar-refractivity contribution in [2.75, 3.05) is 6.61 Å². The summed E-state index contributed by atoms with van der Waals surface area (Å²) < 4.78 is 0. The summed E-state index contributed by atoms with van der Waals surface area (Å²) in [7, 11) is 0. The maximum absolute atomic E-state index is 12.3. The van der Waals surface area contributed by atoms with E-state index in [9.17, 15) is 25.2 Å². The molecule has 0 aromatic rings. The Morgan fingerprint density at radius 2 is 1.08 bits per heavy atom. The maximum atomic E-state index is 12.3. The molecule has 0 aromatic carbocycles. The Morgan fingerprint density at radius 1 is 0.615 bits per heavy atom. The van der Waals surface area contributed by atoms with Gasteiger partial charge in [0.2, 0.25) is 5.91 Å². The van der Waals surface area contributed by atoms with Crippen LogP contribution in [-0.4, -0.2) is 57.3 Å². The lowest BCUT2D eigenvalue weighted by Gasteiger charge is -2.27. The van der Waals surface area contributed by atoms with Crippen molar-refractivity contribution in [3.63, 3.8) is 0 Å². The predicted octanol–water partition coefficient (Wildman–Crippen LogP) is 6.89. The molecule has 230 valence electrons. The molecule has 39 heavy (non-hydrogen) atoms. The molecule has 5 N–H and O–H groups in total. The second-order valence-corrected chi connectivity index (χ2v) is 11.1. The van der Waals surface area contributed by atoms with Gasteiger partial charge in [0.25, 0.3) is 0 Å². The Labute approximate surface area is 240 Å². The summed E-state index contributed by atoms with van der Waals surface area (Å²) in [5.74, 6) is -0.612. The number of unbranched alkanes of at least 4 members (excludes halogenated alkanes) is 15. The number of allylic oxidation sites excluding steroid dienone is 4. The number of hydrogen-bond acceptors (Lipinski definition) is 5. The average molecular weight is 554 g/mol. The SMILES string of the molecule is CCCC/C=C\CCCCCC(O)C(=O)NC(CO)C(O)C(O)CCC/C=C/CCCCCCCCCCC. The molecule has 0 aliphatic carbocycles. The molecule has 4 atom stereocenters. The third kappa shape index (κ3) is 23.2. The van der Waals surface area contributed by atoms with Gasteiger partial charge in [0.1, 0.15) is 12.2 Å². The van der Waals surface area contributed by atoms with Crippen molar-refractivity contribution in [1.82, 2.24) is 5.32 Å². The summed E-state index contributed by atoms with van der Waals surface area (Å²) in [6, 6.07) is -1.00. The first-order chi connectivity index (χ1) is 19.0. The molecule has 0 bridgehead atoms. The van der Waals surface area contributed by atoms with Crippen LogP contribution in [0.3, 0.4) is 0 Å². The molecule has 1 amide bonds. The zero-order chi connectivity index (χ0) is 29.0. The highest BCUT2D eigenvalue weighted by atomic mass is 16.3. The molecular weight excluding hydrogens is 490 g/mol. The van der Waals surface area contributed by atoms with Gasteiger partial charge in [-0.2, -0.15) is 0 Å². The van der Waals surface area contributed by atoms with E-state index in [1.54, 1.807) is 0 Å². The minimum Gasteiger partial charge on any atom is -0.394 e. The van der Waals surface area contributed by atoms with E-state index in [0.29, 0.717) is 12.8 Å². The predicted molar refractivity (Wildman–Crippen MR) is 164 cm³/mol. The van der Waals surface area contributed by atoms with Crippen molar-refractivity contribution in [3.05, 3.63) is 24.3 Å². The lowest BCUT2D eigenvalue weighted by Crippen LogP contribution is -2.53. The molecular formula is C33H63NO5. The molecule has 6 nitrogen and oxygen atoms in total. The molecule has 4 unspecified atom stereocenters. The van der Waals surface area contributed by atoms with Crippen LogP contribution in [0.25, 0.3) is 0 Å². The van der Waals surface area contributed by atoms with Crippen LogP contribution < -0.4 is 5.32 Å². The first-order valence-electron chi connectivity index (χ1n) is 16.2. The van der Waals surface area contributed by atoms with Crippen LogP contribution in [0.4, 0.5) is 0 Å². The average Bonchev–Trinajstić information content (AvgIpc) is 2.94. The molecule has 0 fully saturated rings. The smallest absolute Gasteiger partial charge is 0.249 e. The molecule has 0 aliphatic rings. The van der Waals surface area contributed by atoms with Crippen LogP contribution in [0, 0.1) is 0 Å². The van der Waals surface area contributed by atoms with Crippen molar-refractivity contribution < 1.29 is 25.2 Å². The molecule has 0 saturated heterocycles. The minimum atomic E-state index is -1.28. The van der Waals surface area contributed by atoms with E-state index in [0.717, 1.165) is 51.4 Å². The third-order valence-corrected chi connectivity index (χ3v) is 7.38. The van der Waals surface area contributed by atoms with E-state index >= 15 is 0 Å². The lowest BCUT2D eigenvalue weighted by atomic mass is 10.00. The Bertz CT molecular complexity index is 595. The standard InChI is InChI=1S/C33H63NO5/c1-3-5-7-9-11-13-14-15-16-17-19-20-22-24-26-30(36)32(38)29(28-35)34-33(39)31(37)27-25-23-21-18-12-10-8-6-4-2/h10,12,19-20,29-32,35-38H,3-9,11,13-18,21-28H2,1-2H3,(H,34,39)/b12-10-,20-19+. The van der Waals surface area contributed by atoms with Crippen molar-refractivity contribution in [1.29, 1.82) is 0 Å². The summed E-state index contributed by atoms with van der Waals surface area (Å²) in [6.45, 7) is 3.93. The van der Waals surface area contributed by atoms with Gasteiger partial charge in [-0.05, 0) is 57.8 Å². The molecule has 0 aromatic heterocycles. The van der Waals surface area contributed by atoms with E-state index in [1.807, 2.05) is 0 Å². The normalized spacial score (nSPS) is 15.1. The number of nitrogens with one attached hydrogen (secondary N) is 1. The maximum Gasteiger partial charge on any atom is 0.249 e. The summed E-state index contributed by atoms with van der Waals surface area (Å²) in [5, 5.41) is 43.1. The number of carbonyl (C=O) groups excluding carboxylic acids is 1. The Hall–Kier alpha value is -1.21. The van der Waals surface area contributed by atoms with Crippen molar-refractivity contribution in [2.24, 2.45) is 0 Å². The largest absolute Gasteiger partial charge is 0.394 e. The van der Waals surface area contributed by atoms with Crippen LogP contribution in [-0.2, 0) is 4.79 Å². The van der Waals surface area contributed by atoms with Crippen LogP contribution in [0.5, 0.6) is 0 Å². The van der Waals surface area contributed by atoms with E-state index in [4.69, 9.17) is 0 Å². The number of amides is 1.